The number of alkyl halides is 2. The van der Waals surface area contributed by atoms with E-state index < -0.39 is 29.8 Å². The van der Waals surface area contributed by atoms with Gasteiger partial charge in [0.2, 0.25) is 5.92 Å². The maximum absolute atomic E-state index is 13.9. The molecule has 3 aromatic rings. The van der Waals surface area contributed by atoms with Crippen LogP contribution in [0.25, 0.3) is 0 Å². The van der Waals surface area contributed by atoms with Crippen LogP contribution in [0.2, 0.25) is 0 Å². The number of carbonyl (C=O) groups excluding carboxylic acids is 1. The first kappa shape index (κ1) is 25.5. The van der Waals surface area contributed by atoms with Crippen molar-refractivity contribution < 1.29 is 28.0 Å². The molecule has 1 saturated carbocycles. The number of hydrogen-bond donors (Lipinski definition) is 1. The largest absolute Gasteiger partial charge is 0.463 e. The van der Waals surface area contributed by atoms with Gasteiger partial charge in [-0.3, -0.25) is 0 Å². The summed E-state index contributed by atoms with van der Waals surface area (Å²) in [5, 5.41) is 11.4. The Hall–Kier alpha value is -2.58. The molecule has 1 N–H and O–H groups in total. The molecule has 1 aliphatic carbocycles. The first-order valence-electron chi connectivity index (χ1n) is 11.8. The summed E-state index contributed by atoms with van der Waals surface area (Å²) in [4.78, 5) is 13.0. The summed E-state index contributed by atoms with van der Waals surface area (Å²) in [6.45, 7) is 3.47. The van der Waals surface area contributed by atoms with E-state index in [0.717, 1.165) is 16.8 Å². The number of aromatic nitrogens is 2. The number of imidazole rings is 1. The molecule has 8 heteroatoms. The summed E-state index contributed by atoms with van der Waals surface area (Å²) in [5.74, 6) is -3.58. The van der Waals surface area contributed by atoms with E-state index in [0.29, 0.717) is 18.5 Å². The number of hydrogen-bond acceptors (Lipinski definition) is 3. The Bertz CT molecular complexity index is 1170. The van der Waals surface area contributed by atoms with Crippen LogP contribution < -0.4 is 4.57 Å². The first-order chi connectivity index (χ1) is 16.7. The van der Waals surface area contributed by atoms with Crippen LogP contribution in [0.4, 0.5) is 8.78 Å². The second kappa shape index (κ2) is 10.6. The number of rotatable bonds is 9. The summed E-state index contributed by atoms with van der Waals surface area (Å²) in [6, 6.07) is 16.4. The van der Waals surface area contributed by atoms with Crippen LogP contribution in [0, 0.1) is 12.8 Å². The second-order valence-electron chi connectivity index (χ2n) is 9.21. The molecule has 1 aromatic heterocycles. The van der Waals surface area contributed by atoms with Crippen molar-refractivity contribution in [1.29, 1.82) is 0 Å². The number of aryl methyl sites for hydroxylation is 1. The monoisotopic (exact) mass is 547 g/mol. The number of halogens is 3. The van der Waals surface area contributed by atoms with Crippen LogP contribution in [0.15, 0.2) is 71.5 Å². The van der Waals surface area contributed by atoms with Crippen LogP contribution in [0.3, 0.4) is 0 Å². The van der Waals surface area contributed by atoms with Gasteiger partial charge in [-0.25, -0.2) is 22.7 Å². The van der Waals surface area contributed by atoms with E-state index in [9.17, 15) is 18.7 Å². The zero-order valence-corrected chi connectivity index (χ0v) is 21.3. The number of nitrogens with zero attached hydrogens (tertiary/aromatic N) is 2. The summed E-state index contributed by atoms with van der Waals surface area (Å²) in [5.41, 5.74) is -0.614. The fourth-order valence-electron chi connectivity index (χ4n) is 4.81. The lowest BCUT2D eigenvalue weighted by Gasteiger charge is -2.32. The average molecular weight is 548 g/mol. The first-order valence-corrected chi connectivity index (χ1v) is 12.6. The van der Waals surface area contributed by atoms with Crippen molar-refractivity contribution in [2.24, 2.45) is 5.92 Å². The predicted octanol–water partition coefficient (Wildman–Crippen LogP) is 5.15. The molecule has 4 rings (SSSR count). The molecule has 5 nitrogen and oxygen atoms in total. The summed E-state index contributed by atoms with van der Waals surface area (Å²) in [7, 11) is 0. The molecule has 0 amide bonds. The van der Waals surface area contributed by atoms with E-state index in [1.54, 1.807) is 30.3 Å². The third-order valence-corrected chi connectivity index (χ3v) is 7.29. The van der Waals surface area contributed by atoms with Crippen LogP contribution in [-0.4, -0.2) is 28.2 Å². The minimum atomic E-state index is -2.88. The van der Waals surface area contributed by atoms with E-state index in [2.05, 4.69) is 37.2 Å². The summed E-state index contributed by atoms with van der Waals surface area (Å²) >= 11 is 3.50. The molecule has 0 saturated heterocycles. The Balaban J connectivity index is 1.37. The molecule has 2 atom stereocenters. The average Bonchev–Trinajstić information content (AvgIpc) is 3.38. The zero-order valence-electron chi connectivity index (χ0n) is 19.7. The topological polar surface area (TPSA) is 55.3 Å². The highest BCUT2D eigenvalue weighted by atomic mass is 79.9. The van der Waals surface area contributed by atoms with E-state index in [1.807, 2.05) is 31.5 Å². The van der Waals surface area contributed by atoms with Crippen LogP contribution >= 0.6 is 15.9 Å². The lowest BCUT2D eigenvalue weighted by atomic mass is 9.80. The Morgan fingerprint density at radius 2 is 2.03 bits per heavy atom. The van der Waals surface area contributed by atoms with Crippen LogP contribution in [0.1, 0.15) is 42.6 Å². The van der Waals surface area contributed by atoms with Gasteiger partial charge in [-0.2, -0.15) is 0 Å². The van der Waals surface area contributed by atoms with E-state index in [1.165, 1.54) is 5.56 Å². The standard InChI is InChI=1S/C27H30BrF2N2O3/c1-20-31(14-15-32(20)19-21-7-5-10-24(28)17-21)13-6-16-35-25(33)27(34,22-8-3-2-4-9-22)23-11-12-26(29,30)18-23/h2-5,7-10,14-15,17,23,34H,6,11-13,16,18-19H2,1H3/q+1/t23-,27+/m1/s1. The van der Waals surface area contributed by atoms with Crippen molar-refractivity contribution in [1.82, 2.24) is 4.57 Å². The highest BCUT2D eigenvalue weighted by molar-refractivity contribution is 9.10. The van der Waals surface area contributed by atoms with Gasteiger partial charge in [0, 0.05) is 36.6 Å². The minimum absolute atomic E-state index is 0.0635. The molecule has 0 aliphatic heterocycles. The molecule has 0 unspecified atom stereocenters. The Kier molecular flexibility index (Phi) is 7.71. The van der Waals surface area contributed by atoms with Crippen molar-refractivity contribution >= 4 is 21.9 Å². The number of esters is 1. The van der Waals surface area contributed by atoms with Gasteiger partial charge in [-0.05, 0) is 29.7 Å². The maximum Gasteiger partial charge on any atom is 0.343 e. The fourth-order valence-corrected chi connectivity index (χ4v) is 5.25. The fraction of sp³-hybridized carbons (Fsp3) is 0.407. The zero-order chi connectivity index (χ0) is 25.1. The Morgan fingerprint density at radius 1 is 1.26 bits per heavy atom. The SMILES string of the molecule is Cc1n(CCCOC(=O)[C@](O)(c2ccccc2)[C@@H]2CCC(F)(F)C2)cc[n+]1Cc1cccc(Br)c1. The van der Waals surface area contributed by atoms with Gasteiger partial charge >= 0.3 is 5.97 Å². The summed E-state index contributed by atoms with van der Waals surface area (Å²) < 4.78 is 38.6. The number of carbonyl (C=O) groups is 1. The molecule has 1 fully saturated rings. The van der Waals surface area contributed by atoms with Gasteiger partial charge in [0.05, 0.1) is 13.2 Å². The van der Waals surface area contributed by atoms with Crippen molar-refractivity contribution in [3.8, 4) is 0 Å². The van der Waals surface area contributed by atoms with Crippen LogP contribution in [0.5, 0.6) is 0 Å². The molecule has 2 aromatic carbocycles. The molecule has 186 valence electrons. The molecular formula is C27H30BrF2N2O3+. The van der Waals surface area contributed by atoms with E-state index in [-0.39, 0.29) is 19.4 Å². The van der Waals surface area contributed by atoms with Gasteiger partial charge in [-0.1, -0.05) is 58.4 Å². The number of ether oxygens (including phenoxy) is 1. The lowest BCUT2D eigenvalue weighted by molar-refractivity contribution is -0.694. The number of benzene rings is 2. The quantitative estimate of drug-likeness (QED) is 0.229. The smallest absolute Gasteiger partial charge is 0.343 e. The second-order valence-corrected chi connectivity index (χ2v) is 10.1. The Morgan fingerprint density at radius 3 is 2.71 bits per heavy atom. The molecular weight excluding hydrogens is 518 g/mol. The molecule has 0 radical (unpaired) electrons. The molecule has 0 bridgehead atoms. The molecule has 1 heterocycles. The van der Waals surface area contributed by atoms with Crippen molar-refractivity contribution in [2.45, 2.75) is 57.2 Å². The molecule has 0 spiro atoms. The van der Waals surface area contributed by atoms with Crippen molar-refractivity contribution in [3.05, 3.63) is 88.4 Å². The lowest BCUT2D eigenvalue weighted by Crippen LogP contribution is -2.44. The van der Waals surface area contributed by atoms with Crippen molar-refractivity contribution in [3.63, 3.8) is 0 Å². The third kappa shape index (κ3) is 5.81. The van der Waals surface area contributed by atoms with Crippen molar-refractivity contribution in [2.75, 3.05) is 6.61 Å². The highest BCUT2D eigenvalue weighted by Crippen LogP contribution is 2.47. The third-order valence-electron chi connectivity index (χ3n) is 6.80. The van der Waals surface area contributed by atoms with Gasteiger partial charge in [0.1, 0.15) is 18.9 Å². The van der Waals surface area contributed by atoms with E-state index in [4.69, 9.17) is 4.74 Å². The van der Waals surface area contributed by atoms with Gasteiger partial charge in [-0.15, -0.1) is 0 Å². The Labute approximate surface area is 212 Å². The van der Waals surface area contributed by atoms with Gasteiger partial charge < -0.3 is 9.84 Å². The minimum Gasteiger partial charge on any atom is -0.463 e. The van der Waals surface area contributed by atoms with E-state index >= 15 is 0 Å². The predicted molar refractivity (Wildman–Crippen MR) is 131 cm³/mol. The molecule has 35 heavy (non-hydrogen) atoms. The molecule has 1 aliphatic rings. The number of aliphatic hydroxyl groups is 1. The maximum atomic E-state index is 13.9. The van der Waals surface area contributed by atoms with Gasteiger partial charge in [0.25, 0.3) is 5.82 Å². The highest BCUT2D eigenvalue weighted by Gasteiger charge is 2.54. The normalized spacial score (nSPS) is 18.8. The summed E-state index contributed by atoms with van der Waals surface area (Å²) in [6.07, 6.45) is 3.71. The van der Waals surface area contributed by atoms with Crippen LogP contribution in [-0.2, 0) is 28.2 Å². The van der Waals surface area contributed by atoms with Gasteiger partial charge in [0.15, 0.2) is 5.60 Å².